The summed E-state index contributed by atoms with van der Waals surface area (Å²) in [6, 6.07) is 9.35. The maximum Gasteiger partial charge on any atom is 0.439 e. The maximum absolute atomic E-state index is 13.6. The molecule has 2 aliphatic rings. The number of fused-ring (bicyclic) bond motifs is 1. The van der Waals surface area contributed by atoms with E-state index in [1.54, 1.807) is 0 Å². The van der Waals surface area contributed by atoms with Gasteiger partial charge < -0.3 is 5.11 Å². The van der Waals surface area contributed by atoms with Gasteiger partial charge in [-0.05, 0) is 24.8 Å². The molecule has 136 valence electrons. The number of hydrazone groups is 1. The van der Waals surface area contributed by atoms with E-state index < -0.39 is 23.7 Å². The van der Waals surface area contributed by atoms with Crippen LogP contribution in [0.5, 0.6) is 0 Å². The fraction of sp³-hybridized carbons (Fsp3) is 0.529. The topological polar surface area (TPSA) is 52.9 Å². The molecule has 0 aromatic heterocycles. The fourth-order valence-electron chi connectivity index (χ4n) is 3.36. The largest absolute Gasteiger partial charge is 0.439 e. The Morgan fingerprint density at radius 2 is 2.04 bits per heavy atom. The normalized spacial score (nSPS) is 26.3. The van der Waals surface area contributed by atoms with Gasteiger partial charge in [0.1, 0.15) is 0 Å². The second-order valence-corrected chi connectivity index (χ2v) is 7.28. The average molecular weight is 372 g/mol. The molecule has 1 aliphatic heterocycles. The summed E-state index contributed by atoms with van der Waals surface area (Å²) >= 11 is 1.21. The number of rotatable bonds is 4. The number of carbonyl (C=O) groups is 1. The minimum atomic E-state index is -4.94. The molecule has 1 aromatic carbocycles. The Kier molecular flexibility index (Phi) is 5.11. The van der Waals surface area contributed by atoms with Crippen LogP contribution < -0.4 is 0 Å². The predicted octanol–water partition coefficient (Wildman–Crippen LogP) is 3.56. The third-order valence-electron chi connectivity index (χ3n) is 4.61. The third kappa shape index (κ3) is 3.42. The van der Waals surface area contributed by atoms with E-state index in [-0.39, 0.29) is 22.9 Å². The maximum atomic E-state index is 13.6. The summed E-state index contributed by atoms with van der Waals surface area (Å²) in [7, 11) is 0. The van der Waals surface area contributed by atoms with E-state index >= 15 is 0 Å². The van der Waals surface area contributed by atoms with Crippen molar-refractivity contribution in [1.82, 2.24) is 5.01 Å². The minimum absolute atomic E-state index is 0.170. The second kappa shape index (κ2) is 6.99. The van der Waals surface area contributed by atoms with E-state index in [0.717, 1.165) is 12.0 Å². The SMILES string of the molecule is O=C(CSCc1ccccc1)N1N=C2CCCC[C@H]2[C@@]1(O)C(F)(F)F. The van der Waals surface area contributed by atoms with Crippen LogP contribution in [-0.4, -0.2) is 39.4 Å². The molecule has 1 amide bonds. The number of thioether (sulfide) groups is 1. The van der Waals surface area contributed by atoms with E-state index in [1.807, 2.05) is 30.3 Å². The van der Waals surface area contributed by atoms with Gasteiger partial charge in [0.05, 0.1) is 11.7 Å². The third-order valence-corrected chi connectivity index (χ3v) is 5.59. The first-order valence-electron chi connectivity index (χ1n) is 8.15. The van der Waals surface area contributed by atoms with Crippen molar-refractivity contribution < 1.29 is 23.1 Å². The van der Waals surface area contributed by atoms with E-state index in [2.05, 4.69) is 5.10 Å². The van der Waals surface area contributed by atoms with Crippen LogP contribution in [0.4, 0.5) is 13.2 Å². The first kappa shape index (κ1) is 18.3. The Balaban J connectivity index is 1.72. The Labute approximate surface area is 148 Å². The van der Waals surface area contributed by atoms with Crippen LogP contribution in [-0.2, 0) is 10.5 Å². The van der Waals surface area contributed by atoms with Gasteiger partial charge in [-0.2, -0.15) is 23.3 Å². The summed E-state index contributed by atoms with van der Waals surface area (Å²) in [5.74, 6) is -1.63. The van der Waals surface area contributed by atoms with Gasteiger partial charge in [0.2, 0.25) is 0 Å². The van der Waals surface area contributed by atoms with Crippen molar-refractivity contribution in [3.63, 3.8) is 0 Å². The zero-order valence-corrected chi connectivity index (χ0v) is 14.3. The van der Waals surface area contributed by atoms with E-state index in [4.69, 9.17) is 0 Å². The molecular formula is C17H19F3N2O2S. The lowest BCUT2D eigenvalue weighted by molar-refractivity contribution is -0.316. The molecule has 0 spiro atoms. The van der Waals surface area contributed by atoms with Gasteiger partial charge in [0, 0.05) is 11.5 Å². The smallest absolute Gasteiger partial charge is 0.362 e. The molecule has 2 atom stereocenters. The Hall–Kier alpha value is -1.54. The van der Waals surface area contributed by atoms with Crippen LogP contribution in [0.3, 0.4) is 0 Å². The molecule has 8 heteroatoms. The monoisotopic (exact) mass is 372 g/mol. The highest BCUT2D eigenvalue weighted by Gasteiger charge is 2.68. The van der Waals surface area contributed by atoms with E-state index in [9.17, 15) is 23.1 Å². The Morgan fingerprint density at radius 3 is 2.72 bits per heavy atom. The highest BCUT2D eigenvalue weighted by atomic mass is 32.2. The molecule has 0 bridgehead atoms. The van der Waals surface area contributed by atoms with Gasteiger partial charge >= 0.3 is 6.18 Å². The van der Waals surface area contributed by atoms with Crippen molar-refractivity contribution in [1.29, 1.82) is 0 Å². The number of aliphatic hydroxyl groups is 1. The summed E-state index contributed by atoms with van der Waals surface area (Å²) < 4.78 is 40.8. The number of hydrogen-bond donors (Lipinski definition) is 1. The standard InChI is InChI=1S/C17H19F3N2O2S/c18-17(19,20)16(24)13-8-4-5-9-14(13)21-22(16)15(23)11-25-10-12-6-2-1-3-7-12/h1-3,6-7,13,24H,4-5,8-11H2/t13-,16-/m1/s1. The second-order valence-electron chi connectivity index (χ2n) is 6.30. The molecule has 3 rings (SSSR count). The molecular weight excluding hydrogens is 353 g/mol. The first-order chi connectivity index (χ1) is 11.8. The van der Waals surface area contributed by atoms with Crippen molar-refractivity contribution in [2.75, 3.05) is 5.75 Å². The summed E-state index contributed by atoms with van der Waals surface area (Å²) in [6.07, 6.45) is -3.04. The van der Waals surface area contributed by atoms with Crippen LogP contribution in [0.15, 0.2) is 35.4 Å². The highest BCUT2D eigenvalue weighted by molar-refractivity contribution is 7.99. The molecule has 25 heavy (non-hydrogen) atoms. The molecule has 4 nitrogen and oxygen atoms in total. The van der Waals surface area contributed by atoms with Crippen molar-refractivity contribution in [3.05, 3.63) is 35.9 Å². The van der Waals surface area contributed by atoms with Crippen LogP contribution in [0.2, 0.25) is 0 Å². The Bertz CT molecular complexity index is 666. The van der Waals surface area contributed by atoms with E-state index in [0.29, 0.717) is 18.6 Å². The average Bonchev–Trinajstić information content (AvgIpc) is 2.90. The van der Waals surface area contributed by atoms with E-state index in [1.165, 1.54) is 11.8 Å². The number of amides is 1. The number of benzene rings is 1. The molecule has 1 aromatic rings. The number of nitrogens with zero attached hydrogens (tertiary/aromatic N) is 2. The molecule has 0 unspecified atom stereocenters. The van der Waals surface area contributed by atoms with Crippen LogP contribution in [0.25, 0.3) is 0 Å². The van der Waals surface area contributed by atoms with Crippen molar-refractivity contribution >= 4 is 23.4 Å². The van der Waals surface area contributed by atoms with Crippen LogP contribution in [0, 0.1) is 5.92 Å². The lowest BCUT2D eigenvalue weighted by atomic mass is 9.80. The molecule has 1 saturated carbocycles. The van der Waals surface area contributed by atoms with Gasteiger partial charge in [-0.1, -0.05) is 36.8 Å². The predicted molar refractivity (Wildman–Crippen MR) is 89.8 cm³/mol. The summed E-state index contributed by atoms with van der Waals surface area (Å²) in [4.78, 5) is 12.4. The summed E-state index contributed by atoms with van der Waals surface area (Å²) in [6.45, 7) is 0. The fourth-order valence-corrected chi connectivity index (χ4v) is 4.18. The molecule has 0 radical (unpaired) electrons. The molecule has 0 saturated heterocycles. The van der Waals surface area contributed by atoms with Crippen molar-refractivity contribution in [2.45, 2.75) is 43.3 Å². The zero-order chi connectivity index (χ0) is 18.1. The van der Waals surface area contributed by atoms with Gasteiger partial charge in [-0.15, -0.1) is 11.8 Å². The number of halogens is 3. The number of hydrogen-bond acceptors (Lipinski definition) is 4. The lowest BCUT2D eigenvalue weighted by Gasteiger charge is -2.38. The highest BCUT2D eigenvalue weighted by Crippen LogP contribution is 2.48. The lowest BCUT2D eigenvalue weighted by Crippen LogP contribution is -2.61. The summed E-state index contributed by atoms with van der Waals surface area (Å²) in [5, 5.41) is 14.6. The van der Waals surface area contributed by atoms with Crippen molar-refractivity contribution in [3.8, 4) is 0 Å². The van der Waals surface area contributed by atoms with Crippen LogP contribution in [0.1, 0.15) is 31.2 Å². The van der Waals surface area contributed by atoms with Crippen molar-refractivity contribution in [2.24, 2.45) is 11.0 Å². The van der Waals surface area contributed by atoms with Gasteiger partial charge in [0.15, 0.2) is 0 Å². The first-order valence-corrected chi connectivity index (χ1v) is 9.30. The van der Waals surface area contributed by atoms with Gasteiger partial charge in [0.25, 0.3) is 11.6 Å². The Morgan fingerprint density at radius 1 is 1.32 bits per heavy atom. The molecule has 1 heterocycles. The molecule has 1 N–H and O–H groups in total. The quantitative estimate of drug-likeness (QED) is 0.879. The number of alkyl halides is 3. The number of carbonyl (C=O) groups excluding carboxylic acids is 1. The van der Waals surface area contributed by atoms with Gasteiger partial charge in [-0.25, -0.2) is 0 Å². The zero-order valence-electron chi connectivity index (χ0n) is 13.5. The van der Waals surface area contributed by atoms with Crippen LogP contribution >= 0.6 is 11.8 Å². The summed E-state index contributed by atoms with van der Waals surface area (Å²) in [5.41, 5.74) is -1.95. The minimum Gasteiger partial charge on any atom is -0.362 e. The van der Waals surface area contributed by atoms with Gasteiger partial charge in [-0.3, -0.25) is 4.79 Å². The molecule has 1 aliphatic carbocycles. The molecule has 1 fully saturated rings.